The Labute approximate surface area is 117 Å². The Balaban J connectivity index is 2.58. The second-order valence-corrected chi connectivity index (χ2v) is 5.29. The van der Waals surface area contributed by atoms with Crippen LogP contribution in [0, 0.1) is 0 Å². The van der Waals surface area contributed by atoms with Crippen molar-refractivity contribution >= 4 is 17.8 Å². The summed E-state index contributed by atoms with van der Waals surface area (Å²) in [5.74, 6) is -1.87. The van der Waals surface area contributed by atoms with Crippen LogP contribution in [0.5, 0.6) is 0 Å². The first kappa shape index (κ1) is 16.4. The van der Waals surface area contributed by atoms with Crippen molar-refractivity contribution in [3.63, 3.8) is 0 Å². The van der Waals surface area contributed by atoms with Crippen LogP contribution in [0.3, 0.4) is 0 Å². The van der Waals surface area contributed by atoms with Gasteiger partial charge in [-0.3, -0.25) is 9.59 Å². The van der Waals surface area contributed by atoms with Gasteiger partial charge in [-0.1, -0.05) is 6.92 Å². The summed E-state index contributed by atoms with van der Waals surface area (Å²) < 4.78 is 0. The normalized spacial score (nSPS) is 21.4. The lowest BCUT2D eigenvalue weighted by atomic mass is 10.1. The molecule has 1 heterocycles. The predicted molar refractivity (Wildman–Crippen MR) is 70.9 cm³/mol. The zero-order valence-electron chi connectivity index (χ0n) is 11.9. The lowest BCUT2D eigenvalue weighted by Crippen LogP contribution is -2.52. The Kier molecular flexibility index (Phi) is 5.50. The van der Waals surface area contributed by atoms with E-state index >= 15 is 0 Å². The number of hydrogen-bond acceptors (Lipinski definition) is 4. The molecule has 0 aliphatic carbocycles. The number of carboxylic acid groups (broad SMARTS) is 1. The van der Waals surface area contributed by atoms with Crippen molar-refractivity contribution in [1.29, 1.82) is 0 Å². The van der Waals surface area contributed by atoms with Crippen molar-refractivity contribution in [2.24, 2.45) is 0 Å². The van der Waals surface area contributed by atoms with E-state index in [-0.39, 0.29) is 12.5 Å². The van der Waals surface area contributed by atoms with Gasteiger partial charge < -0.3 is 20.4 Å². The van der Waals surface area contributed by atoms with Gasteiger partial charge in [-0.25, -0.2) is 4.79 Å². The van der Waals surface area contributed by atoms with Crippen LogP contribution in [-0.2, 0) is 14.4 Å². The van der Waals surface area contributed by atoms with Crippen molar-refractivity contribution in [2.75, 3.05) is 13.1 Å². The number of carbonyl (C=O) groups excluding carboxylic acids is 2. The average molecular weight is 286 g/mol. The fourth-order valence-corrected chi connectivity index (χ4v) is 2.15. The SMILES string of the molecule is CCCC(=O)N1CCCC1C(=O)NCC(C)(O)C(=O)O. The number of aliphatic hydroxyl groups is 1. The maximum Gasteiger partial charge on any atom is 0.337 e. The first-order valence-electron chi connectivity index (χ1n) is 6.82. The van der Waals surface area contributed by atoms with Crippen LogP contribution in [0.25, 0.3) is 0 Å². The summed E-state index contributed by atoms with van der Waals surface area (Å²) >= 11 is 0. The van der Waals surface area contributed by atoms with Crippen LogP contribution in [-0.4, -0.2) is 57.6 Å². The molecule has 1 aliphatic heterocycles. The molecule has 1 fully saturated rings. The molecule has 0 radical (unpaired) electrons. The Bertz CT molecular complexity index is 394. The second-order valence-electron chi connectivity index (χ2n) is 5.29. The zero-order valence-corrected chi connectivity index (χ0v) is 11.9. The van der Waals surface area contributed by atoms with Gasteiger partial charge in [-0.15, -0.1) is 0 Å². The number of carboxylic acids is 1. The second kappa shape index (κ2) is 6.69. The number of rotatable bonds is 6. The van der Waals surface area contributed by atoms with Crippen molar-refractivity contribution in [3.8, 4) is 0 Å². The van der Waals surface area contributed by atoms with E-state index in [0.717, 1.165) is 19.8 Å². The number of nitrogens with one attached hydrogen (secondary N) is 1. The summed E-state index contributed by atoms with van der Waals surface area (Å²) in [5.41, 5.74) is -2.01. The van der Waals surface area contributed by atoms with Crippen LogP contribution >= 0.6 is 0 Å². The van der Waals surface area contributed by atoms with Crippen LogP contribution in [0.15, 0.2) is 0 Å². The molecule has 114 valence electrons. The average Bonchev–Trinajstić information content (AvgIpc) is 2.85. The number of hydrogen-bond donors (Lipinski definition) is 3. The van der Waals surface area contributed by atoms with Gasteiger partial charge in [-0.05, 0) is 26.2 Å². The van der Waals surface area contributed by atoms with Crippen LogP contribution in [0.2, 0.25) is 0 Å². The summed E-state index contributed by atoms with van der Waals surface area (Å²) in [4.78, 5) is 36.2. The van der Waals surface area contributed by atoms with Crippen LogP contribution < -0.4 is 5.32 Å². The number of amides is 2. The molecule has 2 atom stereocenters. The highest BCUT2D eigenvalue weighted by Crippen LogP contribution is 2.19. The molecule has 0 aromatic rings. The summed E-state index contributed by atoms with van der Waals surface area (Å²) in [6.07, 6.45) is 2.44. The lowest BCUT2D eigenvalue weighted by molar-refractivity contribution is -0.156. The molecule has 2 unspecified atom stereocenters. The van der Waals surface area contributed by atoms with Gasteiger partial charge >= 0.3 is 5.97 Å². The Morgan fingerprint density at radius 2 is 2.05 bits per heavy atom. The summed E-state index contributed by atoms with van der Waals surface area (Å²) in [7, 11) is 0. The third-order valence-corrected chi connectivity index (χ3v) is 3.41. The van der Waals surface area contributed by atoms with Crippen molar-refractivity contribution < 1.29 is 24.6 Å². The largest absolute Gasteiger partial charge is 0.479 e. The maximum absolute atomic E-state index is 12.0. The van der Waals surface area contributed by atoms with Crippen molar-refractivity contribution in [1.82, 2.24) is 10.2 Å². The van der Waals surface area contributed by atoms with Gasteiger partial charge in [0.05, 0.1) is 6.54 Å². The summed E-state index contributed by atoms with van der Waals surface area (Å²) in [6, 6.07) is -0.557. The first-order chi connectivity index (χ1) is 9.29. The van der Waals surface area contributed by atoms with E-state index in [2.05, 4.69) is 5.32 Å². The molecule has 20 heavy (non-hydrogen) atoms. The molecular formula is C13H22N2O5. The maximum atomic E-state index is 12.0. The molecule has 7 nitrogen and oxygen atoms in total. The quantitative estimate of drug-likeness (QED) is 0.623. The monoisotopic (exact) mass is 286 g/mol. The number of likely N-dealkylation sites (tertiary alicyclic amines) is 1. The third kappa shape index (κ3) is 3.93. The minimum atomic E-state index is -2.01. The molecule has 0 aromatic carbocycles. The fourth-order valence-electron chi connectivity index (χ4n) is 2.15. The molecule has 1 aliphatic rings. The van der Waals surface area contributed by atoms with E-state index in [4.69, 9.17) is 5.11 Å². The standard InChI is InChI=1S/C13H22N2O5/c1-3-5-10(16)15-7-4-6-9(15)11(17)14-8-13(2,20)12(18)19/h9,20H,3-8H2,1-2H3,(H,14,17)(H,18,19). The van der Waals surface area contributed by atoms with Crippen LogP contribution in [0.1, 0.15) is 39.5 Å². The molecule has 0 aromatic heterocycles. The lowest BCUT2D eigenvalue weighted by Gasteiger charge is -2.25. The molecular weight excluding hydrogens is 264 g/mol. The Hall–Kier alpha value is -1.63. The van der Waals surface area contributed by atoms with Crippen LogP contribution in [0.4, 0.5) is 0 Å². The minimum Gasteiger partial charge on any atom is -0.479 e. The predicted octanol–water partition coefficient (Wildman–Crippen LogP) is -0.271. The van der Waals surface area contributed by atoms with E-state index < -0.39 is 23.5 Å². The smallest absolute Gasteiger partial charge is 0.337 e. The highest BCUT2D eigenvalue weighted by molar-refractivity contribution is 5.88. The molecule has 0 saturated carbocycles. The third-order valence-electron chi connectivity index (χ3n) is 3.41. The van der Waals surface area contributed by atoms with Gasteiger partial charge in [0.2, 0.25) is 11.8 Å². The van der Waals surface area contributed by atoms with Gasteiger partial charge in [0.25, 0.3) is 0 Å². The van der Waals surface area contributed by atoms with Crippen molar-refractivity contribution in [3.05, 3.63) is 0 Å². The summed E-state index contributed by atoms with van der Waals surface area (Å²) in [5, 5.41) is 20.7. The Morgan fingerprint density at radius 1 is 1.40 bits per heavy atom. The van der Waals surface area contributed by atoms with Gasteiger partial charge in [-0.2, -0.15) is 0 Å². The van der Waals surface area contributed by atoms with E-state index in [0.29, 0.717) is 19.4 Å². The van der Waals surface area contributed by atoms with Gasteiger partial charge in [0.1, 0.15) is 6.04 Å². The van der Waals surface area contributed by atoms with E-state index in [1.54, 1.807) is 0 Å². The number of nitrogens with zero attached hydrogens (tertiary/aromatic N) is 1. The molecule has 2 amide bonds. The number of aliphatic carboxylic acids is 1. The highest BCUT2D eigenvalue weighted by Gasteiger charge is 2.36. The topological polar surface area (TPSA) is 107 Å². The van der Waals surface area contributed by atoms with E-state index in [1.165, 1.54) is 4.90 Å². The van der Waals surface area contributed by atoms with E-state index in [1.807, 2.05) is 6.92 Å². The molecule has 3 N–H and O–H groups in total. The molecule has 0 bridgehead atoms. The van der Waals surface area contributed by atoms with Gasteiger partial charge in [0, 0.05) is 13.0 Å². The zero-order chi connectivity index (χ0) is 15.3. The highest BCUT2D eigenvalue weighted by atomic mass is 16.4. The van der Waals surface area contributed by atoms with Gasteiger partial charge in [0.15, 0.2) is 5.60 Å². The fraction of sp³-hybridized carbons (Fsp3) is 0.769. The first-order valence-corrected chi connectivity index (χ1v) is 6.82. The molecule has 1 rings (SSSR count). The van der Waals surface area contributed by atoms with Crippen molar-refractivity contribution in [2.45, 2.75) is 51.2 Å². The molecule has 1 saturated heterocycles. The molecule has 0 spiro atoms. The van der Waals surface area contributed by atoms with E-state index in [9.17, 15) is 19.5 Å². The molecule has 7 heteroatoms. The number of carbonyl (C=O) groups is 3. The summed E-state index contributed by atoms with van der Waals surface area (Å²) in [6.45, 7) is 3.18. The minimum absolute atomic E-state index is 0.0601. The Morgan fingerprint density at radius 3 is 2.60 bits per heavy atom.